The van der Waals surface area contributed by atoms with Gasteiger partial charge in [-0.1, -0.05) is 0 Å². The van der Waals surface area contributed by atoms with Crippen molar-refractivity contribution < 1.29 is 22.4 Å². The number of methoxy groups -OCH3 is 1. The summed E-state index contributed by atoms with van der Waals surface area (Å²) < 4.78 is 34.8. The summed E-state index contributed by atoms with van der Waals surface area (Å²) in [5, 5.41) is -0.830. The van der Waals surface area contributed by atoms with Gasteiger partial charge in [0.2, 0.25) is 10.0 Å². The first kappa shape index (κ1) is 13.7. The molecule has 96 valence electrons. The Morgan fingerprint density at radius 3 is 2.76 bits per heavy atom. The third-order valence-electron chi connectivity index (χ3n) is 2.13. The maximum Gasteiger partial charge on any atom is 0.286 e. The van der Waals surface area contributed by atoms with Crippen LogP contribution in [-0.2, 0) is 14.8 Å². The molecule has 7 nitrogen and oxygen atoms in total. The number of amides is 1. The summed E-state index contributed by atoms with van der Waals surface area (Å²) in [6, 6.07) is 0. The zero-order valence-corrected chi connectivity index (χ0v) is 10.6. The van der Waals surface area contributed by atoms with E-state index in [4.69, 9.17) is 9.15 Å². The molecule has 0 aliphatic rings. The fourth-order valence-corrected chi connectivity index (χ4v) is 2.00. The second-order valence-corrected chi connectivity index (χ2v) is 5.60. The van der Waals surface area contributed by atoms with Gasteiger partial charge in [-0.25, -0.2) is 18.1 Å². The summed E-state index contributed by atoms with van der Waals surface area (Å²) in [6.45, 7) is 2.96. The normalized spacial score (nSPS) is 13.4. The molecule has 1 N–H and O–H groups in total. The first-order chi connectivity index (χ1) is 7.88. The van der Waals surface area contributed by atoms with Crippen LogP contribution in [0.4, 0.5) is 0 Å². The van der Waals surface area contributed by atoms with Crippen LogP contribution in [0.2, 0.25) is 0 Å². The van der Waals surface area contributed by atoms with Crippen LogP contribution >= 0.6 is 0 Å². The van der Waals surface area contributed by atoms with Crippen LogP contribution in [0.25, 0.3) is 0 Å². The quantitative estimate of drug-likeness (QED) is 0.806. The molecule has 1 atom stereocenters. The Kier molecular flexibility index (Phi) is 4.24. The molecule has 1 rings (SSSR count). The average Bonchev–Trinajstić information content (AvgIpc) is 2.64. The average molecular weight is 262 g/mol. The highest BCUT2D eigenvalue weighted by Gasteiger charge is 2.25. The Morgan fingerprint density at radius 2 is 2.29 bits per heavy atom. The van der Waals surface area contributed by atoms with Crippen LogP contribution in [0.15, 0.2) is 10.8 Å². The van der Waals surface area contributed by atoms with Crippen molar-refractivity contribution in [2.45, 2.75) is 19.1 Å². The minimum atomic E-state index is -3.77. The third kappa shape index (κ3) is 3.27. The van der Waals surface area contributed by atoms with Crippen molar-refractivity contribution in [3.05, 3.63) is 17.8 Å². The fourth-order valence-electron chi connectivity index (χ4n) is 1.13. The second-order valence-electron chi connectivity index (χ2n) is 3.50. The molecule has 0 fully saturated rings. The number of aryl methyl sites for hydroxylation is 1. The van der Waals surface area contributed by atoms with Crippen LogP contribution in [0.5, 0.6) is 0 Å². The van der Waals surface area contributed by atoms with Gasteiger partial charge >= 0.3 is 0 Å². The van der Waals surface area contributed by atoms with Crippen LogP contribution in [0.1, 0.15) is 23.2 Å². The molecule has 0 saturated carbocycles. The Hall–Kier alpha value is -1.41. The summed E-state index contributed by atoms with van der Waals surface area (Å²) in [7, 11) is -2.39. The van der Waals surface area contributed by atoms with Crippen molar-refractivity contribution in [3.8, 4) is 0 Å². The Balaban J connectivity index is 2.79. The minimum Gasteiger partial charge on any atom is -0.448 e. The predicted molar refractivity (Wildman–Crippen MR) is 59.0 cm³/mol. The minimum absolute atomic E-state index is 0.000408. The van der Waals surface area contributed by atoms with Gasteiger partial charge in [0.05, 0.1) is 6.61 Å². The molecule has 0 aromatic carbocycles. The topological polar surface area (TPSA) is 98.5 Å². The van der Waals surface area contributed by atoms with Crippen molar-refractivity contribution in [2.75, 3.05) is 13.7 Å². The lowest BCUT2D eigenvalue weighted by Crippen LogP contribution is -2.39. The molecule has 0 aliphatic carbocycles. The number of ether oxygens (including phenoxy) is 1. The molecule has 0 saturated heterocycles. The van der Waals surface area contributed by atoms with Crippen molar-refractivity contribution in [1.82, 2.24) is 9.71 Å². The van der Waals surface area contributed by atoms with E-state index in [0.717, 1.165) is 6.39 Å². The maximum atomic E-state index is 11.7. The molecule has 1 aromatic rings. The van der Waals surface area contributed by atoms with E-state index < -0.39 is 21.2 Å². The standard InChI is InChI=1S/C9H14N2O5S/c1-6(4-15-3)17(13,14)11-9(12)8-7(2)16-5-10-8/h5-6H,4H2,1-3H3,(H,11,12). The van der Waals surface area contributed by atoms with Gasteiger partial charge in [0.25, 0.3) is 5.91 Å². The van der Waals surface area contributed by atoms with Gasteiger partial charge in [0.1, 0.15) is 11.0 Å². The van der Waals surface area contributed by atoms with E-state index in [2.05, 4.69) is 4.98 Å². The van der Waals surface area contributed by atoms with E-state index in [1.807, 2.05) is 4.72 Å². The number of rotatable bonds is 5. The number of aromatic nitrogens is 1. The van der Waals surface area contributed by atoms with Gasteiger partial charge in [0, 0.05) is 7.11 Å². The van der Waals surface area contributed by atoms with Crippen LogP contribution in [0, 0.1) is 6.92 Å². The molecule has 0 radical (unpaired) electrons. The van der Waals surface area contributed by atoms with E-state index in [-0.39, 0.29) is 18.1 Å². The summed E-state index contributed by atoms with van der Waals surface area (Å²) in [4.78, 5) is 15.2. The zero-order valence-electron chi connectivity index (χ0n) is 9.76. The zero-order chi connectivity index (χ0) is 13.1. The van der Waals surface area contributed by atoms with Crippen LogP contribution in [-0.4, -0.2) is 38.3 Å². The monoisotopic (exact) mass is 262 g/mol. The second kappa shape index (κ2) is 5.28. The third-order valence-corrected chi connectivity index (χ3v) is 3.79. The summed E-state index contributed by atoms with van der Waals surface area (Å²) in [5.74, 6) is -0.545. The first-order valence-corrected chi connectivity index (χ1v) is 6.38. The Bertz CT molecular complexity index is 493. The number of sulfonamides is 1. The lowest BCUT2D eigenvalue weighted by atomic mass is 10.3. The van der Waals surface area contributed by atoms with Crippen molar-refractivity contribution in [1.29, 1.82) is 0 Å². The lowest BCUT2D eigenvalue weighted by Gasteiger charge is -2.12. The SMILES string of the molecule is COCC(C)S(=O)(=O)NC(=O)c1ncoc1C. The highest BCUT2D eigenvalue weighted by Crippen LogP contribution is 2.06. The molecule has 0 bridgehead atoms. The largest absolute Gasteiger partial charge is 0.448 e. The molecular formula is C9H14N2O5S. The number of carbonyl (C=O) groups is 1. The van der Waals surface area contributed by atoms with Gasteiger partial charge < -0.3 is 9.15 Å². The van der Waals surface area contributed by atoms with Crippen LogP contribution in [0.3, 0.4) is 0 Å². The lowest BCUT2D eigenvalue weighted by molar-refractivity contribution is 0.0975. The number of hydrogen-bond acceptors (Lipinski definition) is 6. The highest BCUT2D eigenvalue weighted by atomic mass is 32.2. The van der Waals surface area contributed by atoms with Gasteiger partial charge in [0.15, 0.2) is 12.1 Å². The van der Waals surface area contributed by atoms with Gasteiger partial charge in [-0.15, -0.1) is 0 Å². The first-order valence-electron chi connectivity index (χ1n) is 4.83. The number of nitrogens with one attached hydrogen (secondary N) is 1. The Morgan fingerprint density at radius 1 is 1.65 bits per heavy atom. The van der Waals surface area contributed by atoms with E-state index in [1.165, 1.54) is 21.0 Å². The maximum absolute atomic E-state index is 11.7. The van der Waals surface area contributed by atoms with E-state index in [1.54, 1.807) is 0 Å². The molecular weight excluding hydrogens is 248 g/mol. The van der Waals surface area contributed by atoms with Crippen molar-refractivity contribution in [2.24, 2.45) is 0 Å². The van der Waals surface area contributed by atoms with Gasteiger partial charge in [-0.3, -0.25) is 4.79 Å². The molecule has 8 heteroatoms. The predicted octanol–water partition coefficient (Wildman–Crippen LogP) is 0.0775. The molecule has 1 aromatic heterocycles. The number of hydrogen-bond donors (Lipinski definition) is 1. The molecule has 1 heterocycles. The van der Waals surface area contributed by atoms with E-state index in [9.17, 15) is 13.2 Å². The fraction of sp³-hybridized carbons (Fsp3) is 0.556. The molecule has 1 unspecified atom stereocenters. The smallest absolute Gasteiger partial charge is 0.286 e. The van der Waals surface area contributed by atoms with Gasteiger partial charge in [-0.05, 0) is 13.8 Å². The molecule has 0 aliphatic heterocycles. The molecule has 1 amide bonds. The van der Waals surface area contributed by atoms with Crippen LogP contribution < -0.4 is 4.72 Å². The summed E-state index contributed by atoms with van der Waals surface area (Å²) >= 11 is 0. The van der Waals surface area contributed by atoms with Gasteiger partial charge in [-0.2, -0.15) is 0 Å². The summed E-state index contributed by atoms with van der Waals surface area (Å²) in [6.07, 6.45) is 1.08. The molecule has 0 spiro atoms. The number of oxazole rings is 1. The summed E-state index contributed by atoms with van der Waals surface area (Å²) in [5.41, 5.74) is -0.0433. The van der Waals surface area contributed by atoms with E-state index >= 15 is 0 Å². The van der Waals surface area contributed by atoms with E-state index in [0.29, 0.717) is 0 Å². The highest BCUT2D eigenvalue weighted by molar-refractivity contribution is 7.90. The number of nitrogens with zero attached hydrogens (tertiary/aromatic N) is 1. The molecule has 17 heavy (non-hydrogen) atoms. The van der Waals surface area contributed by atoms with Crippen molar-refractivity contribution in [3.63, 3.8) is 0 Å². The Labute approximate surface area is 99.2 Å². The number of carbonyl (C=O) groups excluding carboxylic acids is 1. The van der Waals surface area contributed by atoms with Crippen molar-refractivity contribution >= 4 is 15.9 Å².